The van der Waals surface area contributed by atoms with E-state index in [2.05, 4.69) is 29.4 Å². The highest BCUT2D eigenvalue weighted by Crippen LogP contribution is 2.37. The molecule has 1 saturated heterocycles. The molecule has 0 unspecified atom stereocenters. The zero-order chi connectivity index (χ0) is 25.2. The van der Waals surface area contributed by atoms with Crippen LogP contribution in [0.4, 0.5) is 5.00 Å². The summed E-state index contributed by atoms with van der Waals surface area (Å²) in [5, 5.41) is 6.15. The fraction of sp³-hybridized carbons (Fsp3) is 0.520. The van der Waals surface area contributed by atoms with Crippen LogP contribution in [0.15, 0.2) is 29.2 Å². The Balaban J connectivity index is 1.52. The fourth-order valence-electron chi connectivity index (χ4n) is 4.74. The Labute approximate surface area is 211 Å². The molecule has 190 valence electrons. The van der Waals surface area contributed by atoms with Gasteiger partial charge in [-0.2, -0.15) is 4.31 Å². The van der Waals surface area contributed by atoms with Crippen molar-refractivity contribution in [2.45, 2.75) is 51.0 Å². The summed E-state index contributed by atoms with van der Waals surface area (Å²) in [4.78, 5) is 29.4. The molecule has 35 heavy (non-hydrogen) atoms. The molecular formula is C25H34N4O4S2. The van der Waals surface area contributed by atoms with Crippen molar-refractivity contribution in [1.82, 2.24) is 14.5 Å². The molecule has 1 fully saturated rings. The van der Waals surface area contributed by atoms with E-state index in [1.807, 2.05) is 0 Å². The third-order valence-electron chi connectivity index (χ3n) is 6.85. The molecule has 10 heteroatoms. The van der Waals surface area contributed by atoms with Crippen LogP contribution in [-0.2, 0) is 23.0 Å². The Morgan fingerprint density at radius 2 is 1.77 bits per heavy atom. The number of nitrogens with zero attached hydrogens (tertiary/aromatic N) is 2. The Hall–Kier alpha value is -2.27. The van der Waals surface area contributed by atoms with E-state index in [1.165, 1.54) is 39.9 Å². The molecule has 2 aromatic rings. The van der Waals surface area contributed by atoms with Crippen LogP contribution < -0.4 is 10.6 Å². The van der Waals surface area contributed by atoms with Gasteiger partial charge >= 0.3 is 0 Å². The van der Waals surface area contributed by atoms with Crippen molar-refractivity contribution >= 4 is 38.2 Å². The van der Waals surface area contributed by atoms with E-state index < -0.39 is 10.0 Å². The third kappa shape index (κ3) is 5.45. The molecular weight excluding hydrogens is 484 g/mol. The van der Waals surface area contributed by atoms with Crippen molar-refractivity contribution in [3.63, 3.8) is 0 Å². The van der Waals surface area contributed by atoms with Gasteiger partial charge < -0.3 is 10.6 Å². The van der Waals surface area contributed by atoms with Gasteiger partial charge in [0.2, 0.25) is 10.0 Å². The van der Waals surface area contributed by atoms with Crippen LogP contribution in [0.2, 0.25) is 0 Å². The summed E-state index contributed by atoms with van der Waals surface area (Å²) in [6, 6.07) is 6.05. The summed E-state index contributed by atoms with van der Waals surface area (Å²) >= 11 is 1.45. The minimum absolute atomic E-state index is 0.192. The normalized spacial score (nSPS) is 17.7. The fourth-order valence-corrected chi connectivity index (χ4v) is 7.50. The maximum absolute atomic E-state index is 13.0. The predicted molar refractivity (Wildman–Crippen MR) is 139 cm³/mol. The summed E-state index contributed by atoms with van der Waals surface area (Å²) in [6.07, 6.45) is 3.55. The maximum Gasteiger partial charge on any atom is 0.256 e. The standard InChI is InChI=1S/C25H34N4O4S2/c1-4-12-28-13-11-20-21(16-28)34-25(22(20)24(31)26-3)27-23(30)18-5-7-19(8-6-18)35(32,33)29-14-9-17(2)10-15-29/h5-8,17H,4,9-16H2,1-3H3,(H,26,31)(H,27,30). The topological polar surface area (TPSA) is 98.8 Å². The molecule has 2 aliphatic rings. The Morgan fingerprint density at radius 1 is 1.09 bits per heavy atom. The molecule has 0 atom stereocenters. The number of carbonyl (C=O) groups excluding carboxylic acids is 2. The summed E-state index contributed by atoms with van der Waals surface area (Å²) in [7, 11) is -1.98. The number of thiophene rings is 1. The van der Waals surface area contributed by atoms with Gasteiger partial charge in [0.05, 0.1) is 10.5 Å². The first kappa shape index (κ1) is 25.8. The molecule has 1 aromatic heterocycles. The SMILES string of the molecule is CCCN1CCc2c(sc(NC(=O)c3ccc(S(=O)(=O)N4CCC(C)CC4)cc3)c2C(=O)NC)C1. The van der Waals surface area contributed by atoms with Crippen LogP contribution in [0, 0.1) is 5.92 Å². The first-order valence-electron chi connectivity index (χ1n) is 12.2. The lowest BCUT2D eigenvalue weighted by molar-refractivity contribution is 0.0962. The van der Waals surface area contributed by atoms with E-state index in [4.69, 9.17) is 0 Å². The summed E-state index contributed by atoms with van der Waals surface area (Å²) in [6.45, 7) is 7.99. The number of amides is 2. The highest BCUT2D eigenvalue weighted by molar-refractivity contribution is 7.89. The maximum atomic E-state index is 13.0. The average molecular weight is 519 g/mol. The number of nitrogens with one attached hydrogen (secondary N) is 2. The molecule has 3 heterocycles. The van der Waals surface area contributed by atoms with Crippen molar-refractivity contribution < 1.29 is 18.0 Å². The zero-order valence-corrected chi connectivity index (χ0v) is 22.2. The second-order valence-electron chi connectivity index (χ2n) is 9.38. The Kier molecular flexibility index (Phi) is 7.95. The number of carbonyl (C=O) groups is 2. The van der Waals surface area contributed by atoms with Crippen molar-refractivity contribution in [2.75, 3.05) is 38.5 Å². The summed E-state index contributed by atoms with van der Waals surface area (Å²) < 4.78 is 27.5. The lowest BCUT2D eigenvalue weighted by atomic mass is 10.0. The summed E-state index contributed by atoms with van der Waals surface area (Å²) in [5.41, 5.74) is 1.89. The van der Waals surface area contributed by atoms with Crippen molar-refractivity contribution in [3.05, 3.63) is 45.8 Å². The Bertz CT molecular complexity index is 1180. The molecule has 4 rings (SSSR count). The van der Waals surface area contributed by atoms with Crippen molar-refractivity contribution in [3.8, 4) is 0 Å². The van der Waals surface area contributed by atoms with Gasteiger partial charge in [-0.25, -0.2) is 8.42 Å². The Morgan fingerprint density at radius 3 is 2.40 bits per heavy atom. The number of anilines is 1. The number of sulfonamides is 1. The predicted octanol–water partition coefficient (Wildman–Crippen LogP) is 3.55. The van der Waals surface area contributed by atoms with Crippen LogP contribution in [-0.4, -0.2) is 62.7 Å². The van der Waals surface area contributed by atoms with Gasteiger partial charge in [-0.05, 0) is 68.0 Å². The van der Waals surface area contributed by atoms with Gasteiger partial charge in [-0.15, -0.1) is 11.3 Å². The number of rotatable bonds is 7. The zero-order valence-electron chi connectivity index (χ0n) is 20.6. The quantitative estimate of drug-likeness (QED) is 0.584. The van der Waals surface area contributed by atoms with Crippen LogP contribution in [0.5, 0.6) is 0 Å². The molecule has 2 aliphatic heterocycles. The van der Waals surface area contributed by atoms with E-state index in [9.17, 15) is 18.0 Å². The van der Waals surface area contributed by atoms with Crippen LogP contribution in [0.3, 0.4) is 0 Å². The first-order chi connectivity index (χ1) is 16.7. The van der Waals surface area contributed by atoms with Gasteiger partial charge in [-0.3, -0.25) is 14.5 Å². The molecule has 2 N–H and O–H groups in total. The largest absolute Gasteiger partial charge is 0.355 e. The van der Waals surface area contributed by atoms with Gasteiger partial charge in [0.25, 0.3) is 11.8 Å². The number of fused-ring (bicyclic) bond motifs is 1. The molecule has 8 nitrogen and oxygen atoms in total. The minimum atomic E-state index is -3.57. The summed E-state index contributed by atoms with van der Waals surface area (Å²) in [5.74, 6) is -0.0428. The first-order valence-corrected chi connectivity index (χ1v) is 14.5. The number of benzene rings is 1. The van der Waals surface area contributed by atoms with Gasteiger partial charge in [0.15, 0.2) is 0 Å². The van der Waals surface area contributed by atoms with E-state index in [-0.39, 0.29) is 16.7 Å². The highest BCUT2D eigenvalue weighted by atomic mass is 32.2. The number of hydrogen-bond acceptors (Lipinski definition) is 6. The second-order valence-corrected chi connectivity index (χ2v) is 12.4. The third-order valence-corrected chi connectivity index (χ3v) is 9.90. The highest BCUT2D eigenvalue weighted by Gasteiger charge is 2.30. The van der Waals surface area contributed by atoms with Crippen molar-refractivity contribution in [1.29, 1.82) is 0 Å². The molecule has 0 aliphatic carbocycles. The van der Waals surface area contributed by atoms with Crippen LogP contribution >= 0.6 is 11.3 Å². The smallest absolute Gasteiger partial charge is 0.256 e. The van der Waals surface area contributed by atoms with E-state index in [0.29, 0.717) is 35.1 Å². The minimum Gasteiger partial charge on any atom is -0.355 e. The van der Waals surface area contributed by atoms with Crippen LogP contribution in [0.25, 0.3) is 0 Å². The van der Waals surface area contributed by atoms with E-state index >= 15 is 0 Å². The molecule has 0 spiro atoms. The van der Waals surface area contributed by atoms with E-state index in [1.54, 1.807) is 7.05 Å². The second kappa shape index (κ2) is 10.8. The average Bonchev–Trinajstić information content (AvgIpc) is 3.21. The number of hydrogen-bond donors (Lipinski definition) is 2. The lowest BCUT2D eigenvalue weighted by Gasteiger charge is -2.29. The molecule has 0 radical (unpaired) electrons. The van der Waals surface area contributed by atoms with Crippen LogP contribution in [0.1, 0.15) is 64.3 Å². The lowest BCUT2D eigenvalue weighted by Crippen LogP contribution is -2.37. The van der Waals surface area contributed by atoms with Gasteiger partial charge in [-0.1, -0.05) is 13.8 Å². The monoisotopic (exact) mass is 518 g/mol. The molecule has 2 amide bonds. The van der Waals surface area contributed by atoms with Crippen molar-refractivity contribution in [2.24, 2.45) is 5.92 Å². The van der Waals surface area contributed by atoms with E-state index in [0.717, 1.165) is 55.8 Å². The number of piperidine rings is 1. The molecule has 0 saturated carbocycles. The van der Waals surface area contributed by atoms with Gasteiger partial charge in [0, 0.05) is 43.7 Å². The molecule has 0 bridgehead atoms. The molecule has 1 aromatic carbocycles. The van der Waals surface area contributed by atoms with Gasteiger partial charge in [0.1, 0.15) is 5.00 Å².